The van der Waals surface area contributed by atoms with Crippen molar-refractivity contribution in [1.82, 2.24) is 25.9 Å². The summed E-state index contributed by atoms with van der Waals surface area (Å²) >= 11 is 0. The predicted octanol–water partition coefficient (Wildman–Crippen LogP) is -2.70. The van der Waals surface area contributed by atoms with E-state index in [0.717, 1.165) is 0 Å². The molecule has 0 fully saturated rings. The van der Waals surface area contributed by atoms with Crippen LogP contribution in [-0.4, -0.2) is 79.9 Å². The minimum absolute atomic E-state index is 0.0291. The number of imidazole rings is 1. The van der Waals surface area contributed by atoms with E-state index < -0.39 is 59.7 Å². The van der Waals surface area contributed by atoms with Crippen LogP contribution in [0.5, 0.6) is 5.75 Å². The number of rotatable bonds is 17. The second-order valence-corrected chi connectivity index (χ2v) is 9.29. The summed E-state index contributed by atoms with van der Waals surface area (Å²) in [6, 6.07) is 0.506. The van der Waals surface area contributed by atoms with Crippen molar-refractivity contribution in [1.29, 1.82) is 0 Å². The fourth-order valence-corrected chi connectivity index (χ4v) is 3.70. The molecule has 1 heterocycles. The molecule has 0 aliphatic rings. The number of aromatic nitrogens is 2. The van der Waals surface area contributed by atoms with E-state index in [4.69, 9.17) is 17.2 Å². The van der Waals surface area contributed by atoms with Crippen LogP contribution in [0.3, 0.4) is 0 Å². The zero-order valence-electron chi connectivity index (χ0n) is 22.0. The summed E-state index contributed by atoms with van der Waals surface area (Å²) in [6.45, 7) is 0. The Balaban J connectivity index is 2.24. The normalized spacial score (nSPS) is 13.7. The van der Waals surface area contributed by atoms with Gasteiger partial charge in [0.05, 0.1) is 12.4 Å². The molecule has 1 aromatic carbocycles. The topological polar surface area (TPSA) is 286 Å². The van der Waals surface area contributed by atoms with Crippen molar-refractivity contribution in [2.75, 3.05) is 0 Å². The lowest BCUT2D eigenvalue weighted by Crippen LogP contribution is -2.58. The highest BCUT2D eigenvalue weighted by molar-refractivity contribution is 5.94. The maximum absolute atomic E-state index is 13.4. The maximum atomic E-state index is 13.4. The summed E-state index contributed by atoms with van der Waals surface area (Å²) in [6.07, 6.45) is 1.67. The molecule has 0 radical (unpaired) electrons. The molecule has 0 saturated heterocycles. The molecule has 5 amide bonds. The molecular weight excluding hydrogens is 540 g/mol. The van der Waals surface area contributed by atoms with Gasteiger partial charge in [0.2, 0.25) is 29.5 Å². The lowest BCUT2D eigenvalue weighted by Gasteiger charge is -2.25. The number of nitrogens with one attached hydrogen (secondary N) is 4. The fraction of sp³-hybridized carbons (Fsp3) is 0.400. The summed E-state index contributed by atoms with van der Waals surface area (Å²) in [5, 5.41) is 26.4. The van der Waals surface area contributed by atoms with E-state index in [1.54, 1.807) is 0 Å². The number of aliphatic carboxylic acids is 1. The van der Waals surface area contributed by atoms with Crippen molar-refractivity contribution in [2.45, 2.75) is 62.7 Å². The Morgan fingerprint density at radius 2 is 1.37 bits per heavy atom. The van der Waals surface area contributed by atoms with Gasteiger partial charge in [0.15, 0.2) is 0 Å². The third-order valence-corrected chi connectivity index (χ3v) is 5.95. The molecular formula is C25H34N8O8. The van der Waals surface area contributed by atoms with Crippen molar-refractivity contribution < 1.29 is 39.0 Å². The highest BCUT2D eigenvalue weighted by atomic mass is 16.4. The van der Waals surface area contributed by atoms with Crippen molar-refractivity contribution in [3.63, 3.8) is 0 Å². The van der Waals surface area contributed by atoms with Gasteiger partial charge in [-0.05, 0) is 30.5 Å². The quantitative estimate of drug-likeness (QED) is 0.0941. The van der Waals surface area contributed by atoms with Crippen LogP contribution in [-0.2, 0) is 41.6 Å². The molecule has 0 spiro atoms. The molecule has 4 unspecified atom stereocenters. The lowest BCUT2D eigenvalue weighted by molar-refractivity contribution is -0.142. The number of aromatic hydroxyl groups is 1. The third-order valence-electron chi connectivity index (χ3n) is 5.95. The first-order chi connectivity index (χ1) is 19.3. The average molecular weight is 575 g/mol. The van der Waals surface area contributed by atoms with Crippen LogP contribution in [0.4, 0.5) is 0 Å². The van der Waals surface area contributed by atoms with E-state index in [-0.39, 0.29) is 44.3 Å². The Morgan fingerprint density at radius 1 is 0.805 bits per heavy atom. The molecule has 0 saturated carbocycles. The Morgan fingerprint density at radius 3 is 1.93 bits per heavy atom. The monoisotopic (exact) mass is 574 g/mol. The molecule has 2 rings (SSSR count). The molecule has 0 aliphatic heterocycles. The smallest absolute Gasteiger partial charge is 0.326 e. The number of nitrogens with two attached hydrogens (primary N) is 3. The second kappa shape index (κ2) is 15.6. The molecule has 0 bridgehead atoms. The van der Waals surface area contributed by atoms with Crippen LogP contribution >= 0.6 is 0 Å². The Kier molecular flexibility index (Phi) is 12.2. The number of nitrogens with zero attached hydrogens (tertiary/aromatic N) is 1. The lowest BCUT2D eigenvalue weighted by atomic mass is 10.0. The standard InChI is InChI=1S/C25H34N8O8/c26-16(5-7-20(27)35)22(37)32-18(9-13-1-3-15(34)4-2-13)24(39)31-17(6-8-21(28)36)23(38)33-19(25(40)41)10-14-11-29-12-30-14/h1-4,11-12,16-19,34H,5-10,26H2,(H2,27,35)(H2,28,36)(H,29,30)(H,31,39)(H,32,37)(H,33,38)(H,40,41). The summed E-state index contributed by atoms with van der Waals surface area (Å²) in [5.74, 6) is -5.33. The minimum Gasteiger partial charge on any atom is -0.508 e. The summed E-state index contributed by atoms with van der Waals surface area (Å²) in [4.78, 5) is 80.0. The average Bonchev–Trinajstić information content (AvgIpc) is 3.42. The number of carbonyl (C=O) groups is 6. The molecule has 2 aromatic rings. The molecule has 41 heavy (non-hydrogen) atoms. The van der Waals surface area contributed by atoms with E-state index in [1.807, 2.05) is 0 Å². The van der Waals surface area contributed by atoms with Crippen molar-refractivity contribution in [3.05, 3.63) is 48.0 Å². The Hall–Kier alpha value is -4.99. The van der Waals surface area contributed by atoms with Crippen LogP contribution in [0.25, 0.3) is 0 Å². The van der Waals surface area contributed by atoms with E-state index >= 15 is 0 Å². The highest BCUT2D eigenvalue weighted by Crippen LogP contribution is 2.12. The summed E-state index contributed by atoms with van der Waals surface area (Å²) in [7, 11) is 0. The zero-order chi connectivity index (χ0) is 30.5. The number of H-pyrrole nitrogens is 1. The molecule has 1 aromatic heterocycles. The van der Waals surface area contributed by atoms with Gasteiger partial charge in [-0.1, -0.05) is 12.1 Å². The van der Waals surface area contributed by atoms with Gasteiger partial charge in [0.25, 0.3) is 0 Å². The number of phenols is 1. The summed E-state index contributed by atoms with van der Waals surface area (Å²) in [5.41, 5.74) is 17.1. The number of carboxylic acid groups (broad SMARTS) is 1. The fourth-order valence-electron chi connectivity index (χ4n) is 3.70. The molecule has 222 valence electrons. The van der Waals surface area contributed by atoms with Gasteiger partial charge in [-0.15, -0.1) is 0 Å². The van der Waals surface area contributed by atoms with Crippen molar-refractivity contribution in [3.8, 4) is 5.75 Å². The number of amides is 5. The second-order valence-electron chi connectivity index (χ2n) is 9.29. The third kappa shape index (κ3) is 11.3. The molecule has 16 nitrogen and oxygen atoms in total. The number of aromatic amines is 1. The first kappa shape index (κ1) is 32.2. The van der Waals surface area contributed by atoms with Gasteiger partial charge < -0.3 is 48.3 Å². The highest BCUT2D eigenvalue weighted by Gasteiger charge is 2.31. The van der Waals surface area contributed by atoms with Gasteiger partial charge in [0.1, 0.15) is 23.9 Å². The zero-order valence-corrected chi connectivity index (χ0v) is 22.0. The van der Waals surface area contributed by atoms with Gasteiger partial charge in [-0.25, -0.2) is 9.78 Å². The predicted molar refractivity (Wildman–Crippen MR) is 142 cm³/mol. The van der Waals surface area contributed by atoms with Crippen molar-refractivity contribution in [2.24, 2.45) is 17.2 Å². The van der Waals surface area contributed by atoms with Crippen LogP contribution in [0.15, 0.2) is 36.8 Å². The van der Waals surface area contributed by atoms with Crippen LogP contribution in [0, 0.1) is 0 Å². The van der Waals surface area contributed by atoms with Crippen LogP contribution in [0.2, 0.25) is 0 Å². The van der Waals surface area contributed by atoms with E-state index in [1.165, 1.54) is 36.8 Å². The number of hydrogen-bond donors (Lipinski definition) is 9. The minimum atomic E-state index is -1.40. The molecule has 0 aliphatic carbocycles. The van der Waals surface area contributed by atoms with Crippen LogP contribution in [0.1, 0.15) is 36.9 Å². The maximum Gasteiger partial charge on any atom is 0.326 e. The number of carboxylic acids is 1. The number of primary amides is 2. The molecule has 12 N–H and O–H groups in total. The van der Waals surface area contributed by atoms with Gasteiger partial charge >= 0.3 is 5.97 Å². The first-order valence-corrected chi connectivity index (χ1v) is 12.6. The Bertz CT molecular complexity index is 1220. The van der Waals surface area contributed by atoms with Gasteiger partial charge in [0, 0.05) is 37.6 Å². The number of hydrogen-bond acceptors (Lipinski definition) is 9. The van der Waals surface area contributed by atoms with Crippen LogP contribution < -0.4 is 33.2 Å². The van der Waals surface area contributed by atoms with E-state index in [2.05, 4.69) is 25.9 Å². The Labute approximate surface area is 234 Å². The summed E-state index contributed by atoms with van der Waals surface area (Å²) < 4.78 is 0. The van der Waals surface area contributed by atoms with Gasteiger partial charge in [-0.2, -0.15) is 0 Å². The number of carbonyl (C=O) groups excluding carboxylic acids is 5. The molecule has 16 heteroatoms. The number of benzene rings is 1. The largest absolute Gasteiger partial charge is 0.508 e. The van der Waals surface area contributed by atoms with Gasteiger partial charge in [-0.3, -0.25) is 24.0 Å². The first-order valence-electron chi connectivity index (χ1n) is 12.6. The number of phenolic OH excluding ortho intramolecular Hbond substituents is 1. The van der Waals surface area contributed by atoms with Crippen molar-refractivity contribution >= 4 is 35.5 Å². The SMILES string of the molecule is NC(=O)CCC(N)C(=O)NC(Cc1ccc(O)cc1)C(=O)NC(CCC(N)=O)C(=O)NC(Cc1cnc[nH]1)C(=O)O. The van der Waals surface area contributed by atoms with E-state index in [0.29, 0.717) is 11.3 Å². The van der Waals surface area contributed by atoms with E-state index in [9.17, 15) is 39.0 Å². The molecule has 4 atom stereocenters.